The standard InChI is InChI=1S/C28H43NO6/c1-26(2,3)35-25(30)29-18-11-12-21(20-29)28(31,17-8-9-19-32-4)22-13-10-14-23-24(22)34-27(33-23)15-6-5-7-16-27/h10,13-14,21,31H,5-9,11-12,15-20H2,1-4H3. The van der Waals surface area contributed by atoms with Crippen molar-refractivity contribution in [1.82, 2.24) is 4.90 Å². The van der Waals surface area contributed by atoms with Gasteiger partial charge in [0.25, 0.3) is 5.79 Å². The van der Waals surface area contributed by atoms with Crippen LogP contribution < -0.4 is 9.47 Å². The summed E-state index contributed by atoms with van der Waals surface area (Å²) in [6.45, 7) is 7.38. The largest absolute Gasteiger partial charge is 0.448 e. The highest BCUT2D eigenvalue weighted by atomic mass is 16.7. The van der Waals surface area contributed by atoms with E-state index in [1.165, 1.54) is 6.42 Å². The Morgan fingerprint density at radius 2 is 1.91 bits per heavy atom. The van der Waals surface area contributed by atoms with Crippen LogP contribution in [0.4, 0.5) is 4.79 Å². The second-order valence-corrected chi connectivity index (χ2v) is 11.4. The molecule has 2 atom stereocenters. The summed E-state index contributed by atoms with van der Waals surface area (Å²) in [6, 6.07) is 5.88. The van der Waals surface area contributed by atoms with E-state index in [1.807, 2.05) is 39.0 Å². The van der Waals surface area contributed by atoms with Gasteiger partial charge >= 0.3 is 6.09 Å². The van der Waals surface area contributed by atoms with Gasteiger partial charge in [-0.25, -0.2) is 4.79 Å². The second-order valence-electron chi connectivity index (χ2n) is 11.4. The van der Waals surface area contributed by atoms with Gasteiger partial charge < -0.3 is 29.0 Å². The predicted octanol–water partition coefficient (Wildman–Crippen LogP) is 5.77. The van der Waals surface area contributed by atoms with Crippen molar-refractivity contribution in [2.45, 2.75) is 102 Å². The molecule has 1 saturated heterocycles. The Balaban J connectivity index is 1.62. The number of methoxy groups -OCH3 is 1. The van der Waals surface area contributed by atoms with Gasteiger partial charge in [-0.1, -0.05) is 18.6 Å². The molecule has 7 nitrogen and oxygen atoms in total. The summed E-state index contributed by atoms with van der Waals surface area (Å²) in [7, 11) is 1.70. The molecule has 4 rings (SSSR count). The summed E-state index contributed by atoms with van der Waals surface area (Å²) in [4.78, 5) is 14.6. The number of carbonyl (C=O) groups is 1. The molecule has 0 bridgehead atoms. The van der Waals surface area contributed by atoms with Crippen LogP contribution >= 0.6 is 0 Å². The van der Waals surface area contributed by atoms with Crippen LogP contribution in [0.3, 0.4) is 0 Å². The number of aliphatic hydroxyl groups is 1. The molecule has 2 aliphatic heterocycles. The number of amides is 1. The van der Waals surface area contributed by atoms with Crippen LogP contribution in [0.2, 0.25) is 0 Å². The van der Waals surface area contributed by atoms with Gasteiger partial charge in [0.05, 0.1) is 5.60 Å². The van der Waals surface area contributed by atoms with Crippen LogP contribution in [-0.2, 0) is 15.1 Å². The number of rotatable bonds is 7. The molecule has 3 aliphatic rings. The van der Waals surface area contributed by atoms with E-state index in [1.54, 1.807) is 12.0 Å². The first-order valence-corrected chi connectivity index (χ1v) is 13.4. The molecular weight excluding hydrogens is 446 g/mol. The van der Waals surface area contributed by atoms with Crippen molar-refractivity contribution < 1.29 is 28.8 Å². The predicted molar refractivity (Wildman–Crippen MR) is 134 cm³/mol. The third-order valence-electron chi connectivity index (χ3n) is 7.55. The Hall–Kier alpha value is -1.99. The molecule has 1 saturated carbocycles. The highest BCUT2D eigenvalue weighted by Gasteiger charge is 2.49. The summed E-state index contributed by atoms with van der Waals surface area (Å²) in [5.41, 5.74) is -0.922. The molecule has 2 unspecified atom stereocenters. The highest BCUT2D eigenvalue weighted by Crippen LogP contribution is 2.52. The lowest BCUT2D eigenvalue weighted by Crippen LogP contribution is -2.49. The third kappa shape index (κ3) is 5.88. The zero-order chi connectivity index (χ0) is 25.1. The zero-order valence-electron chi connectivity index (χ0n) is 21.9. The van der Waals surface area contributed by atoms with Gasteiger partial charge in [-0.3, -0.25) is 0 Å². The maximum atomic E-state index is 12.9. The molecule has 2 heterocycles. The molecule has 0 aromatic heterocycles. The van der Waals surface area contributed by atoms with E-state index < -0.39 is 17.0 Å². The van der Waals surface area contributed by atoms with Crippen molar-refractivity contribution in [3.05, 3.63) is 23.8 Å². The fourth-order valence-corrected chi connectivity index (χ4v) is 5.80. The highest BCUT2D eigenvalue weighted by molar-refractivity contribution is 5.68. The first-order chi connectivity index (χ1) is 16.7. The van der Waals surface area contributed by atoms with Gasteiger partial charge in [-0.2, -0.15) is 0 Å². The van der Waals surface area contributed by atoms with E-state index in [4.69, 9.17) is 18.9 Å². The molecule has 7 heteroatoms. The first kappa shape index (κ1) is 26.1. The van der Waals surface area contributed by atoms with E-state index in [9.17, 15) is 9.90 Å². The molecule has 2 fully saturated rings. The third-order valence-corrected chi connectivity index (χ3v) is 7.55. The fourth-order valence-electron chi connectivity index (χ4n) is 5.80. The van der Waals surface area contributed by atoms with Crippen LogP contribution in [0.25, 0.3) is 0 Å². The molecule has 1 aliphatic carbocycles. The topological polar surface area (TPSA) is 77.5 Å². The number of fused-ring (bicyclic) bond motifs is 1. The average molecular weight is 490 g/mol. The second kappa shape index (κ2) is 10.6. The Kier molecular flexibility index (Phi) is 7.86. The van der Waals surface area contributed by atoms with E-state index in [0.29, 0.717) is 31.9 Å². The van der Waals surface area contributed by atoms with Crippen LogP contribution in [0.5, 0.6) is 11.5 Å². The summed E-state index contributed by atoms with van der Waals surface area (Å²) >= 11 is 0. The van der Waals surface area contributed by atoms with Gasteiger partial charge in [0.1, 0.15) is 5.60 Å². The summed E-state index contributed by atoms with van der Waals surface area (Å²) < 4.78 is 23.8. The number of nitrogens with zero attached hydrogens (tertiary/aromatic N) is 1. The molecule has 1 aromatic carbocycles. The van der Waals surface area contributed by atoms with E-state index in [2.05, 4.69) is 0 Å². The number of para-hydroxylation sites is 1. The quantitative estimate of drug-likeness (QED) is 0.490. The van der Waals surface area contributed by atoms with Gasteiger partial charge in [-0.05, 0) is 71.8 Å². The van der Waals surface area contributed by atoms with Crippen molar-refractivity contribution in [2.75, 3.05) is 26.8 Å². The number of ether oxygens (including phenoxy) is 4. The maximum absolute atomic E-state index is 12.9. The molecule has 196 valence electrons. The molecule has 35 heavy (non-hydrogen) atoms. The molecule has 0 radical (unpaired) electrons. The number of carbonyl (C=O) groups excluding carboxylic acids is 1. The van der Waals surface area contributed by atoms with Gasteiger partial charge in [0.15, 0.2) is 11.5 Å². The Morgan fingerprint density at radius 3 is 2.63 bits per heavy atom. The SMILES string of the molecule is COCCCCC(O)(c1cccc2c1OC1(CCCCC1)O2)C1CCCN(C(=O)OC(C)(C)C)C1. The summed E-state index contributed by atoms with van der Waals surface area (Å²) in [6.07, 6.45) is 8.65. The number of unbranched alkanes of at least 4 members (excludes halogenated alkanes) is 1. The van der Waals surface area contributed by atoms with Crippen molar-refractivity contribution in [2.24, 2.45) is 5.92 Å². The average Bonchev–Trinajstić information content (AvgIpc) is 3.18. The van der Waals surface area contributed by atoms with Crippen molar-refractivity contribution in [1.29, 1.82) is 0 Å². The number of benzene rings is 1. The minimum Gasteiger partial charge on any atom is -0.448 e. The number of likely N-dealkylation sites (tertiary alicyclic amines) is 1. The van der Waals surface area contributed by atoms with Crippen LogP contribution in [-0.4, -0.2) is 54.3 Å². The minimum absolute atomic E-state index is 0.135. The van der Waals surface area contributed by atoms with Gasteiger partial charge in [0, 0.05) is 51.1 Å². The minimum atomic E-state index is -1.15. The normalized spacial score (nSPS) is 23.2. The molecule has 1 amide bonds. The van der Waals surface area contributed by atoms with Crippen molar-refractivity contribution in [3.8, 4) is 11.5 Å². The Morgan fingerprint density at radius 1 is 1.14 bits per heavy atom. The number of piperidine rings is 1. The Labute approximate surface area is 210 Å². The zero-order valence-corrected chi connectivity index (χ0v) is 21.9. The van der Waals surface area contributed by atoms with Crippen molar-refractivity contribution >= 4 is 6.09 Å². The van der Waals surface area contributed by atoms with Gasteiger partial charge in [-0.15, -0.1) is 0 Å². The number of hydrogen-bond acceptors (Lipinski definition) is 6. The van der Waals surface area contributed by atoms with Crippen LogP contribution in [0.15, 0.2) is 18.2 Å². The summed E-state index contributed by atoms with van der Waals surface area (Å²) in [5, 5.41) is 12.4. The fraction of sp³-hybridized carbons (Fsp3) is 0.750. The van der Waals surface area contributed by atoms with E-state index in [-0.39, 0.29) is 12.0 Å². The molecule has 1 spiro atoms. The first-order valence-electron chi connectivity index (χ1n) is 13.4. The number of hydrogen-bond donors (Lipinski definition) is 1. The molecular formula is C28H43NO6. The summed E-state index contributed by atoms with van der Waals surface area (Å²) in [5.74, 6) is 0.657. The van der Waals surface area contributed by atoms with Crippen LogP contribution in [0, 0.1) is 5.92 Å². The smallest absolute Gasteiger partial charge is 0.410 e. The lowest BCUT2D eigenvalue weighted by molar-refractivity contribution is -0.108. The maximum Gasteiger partial charge on any atom is 0.410 e. The van der Waals surface area contributed by atoms with Crippen molar-refractivity contribution in [3.63, 3.8) is 0 Å². The Bertz CT molecular complexity index is 875. The molecule has 1 N–H and O–H groups in total. The van der Waals surface area contributed by atoms with E-state index >= 15 is 0 Å². The molecule has 1 aromatic rings. The lowest BCUT2D eigenvalue weighted by Gasteiger charge is -2.43. The van der Waals surface area contributed by atoms with Gasteiger partial charge in [0.2, 0.25) is 0 Å². The van der Waals surface area contributed by atoms with Crippen LogP contribution in [0.1, 0.15) is 90.5 Å². The lowest BCUT2D eigenvalue weighted by atomic mass is 9.73. The monoisotopic (exact) mass is 489 g/mol. The van der Waals surface area contributed by atoms with E-state index in [0.717, 1.165) is 62.7 Å².